The number of aromatic amines is 1. The largest absolute Gasteiger partial charge is 0.380 e. The van der Waals surface area contributed by atoms with Gasteiger partial charge in [-0.25, -0.2) is 0 Å². The van der Waals surface area contributed by atoms with E-state index in [0.29, 0.717) is 18.8 Å². The molecule has 4 nitrogen and oxygen atoms in total. The van der Waals surface area contributed by atoms with E-state index < -0.39 is 0 Å². The fourth-order valence-corrected chi connectivity index (χ4v) is 1.91. The van der Waals surface area contributed by atoms with Crippen LogP contribution < -0.4 is 5.32 Å². The molecule has 1 aromatic carbocycles. The lowest BCUT2D eigenvalue weighted by Crippen LogP contribution is -2.36. The minimum Gasteiger partial charge on any atom is -0.380 e. The quantitative estimate of drug-likeness (QED) is 0.850. The van der Waals surface area contributed by atoms with Gasteiger partial charge in [0.05, 0.1) is 17.7 Å². The van der Waals surface area contributed by atoms with Crippen LogP contribution in [0.2, 0.25) is 0 Å². The molecule has 2 rings (SSSR count). The second-order valence-corrected chi connectivity index (χ2v) is 4.28. The monoisotopic (exact) mass is 246 g/mol. The van der Waals surface area contributed by atoms with Gasteiger partial charge in [-0.05, 0) is 26.0 Å². The predicted octanol–water partition coefficient (Wildman–Crippen LogP) is 2.32. The smallest absolute Gasteiger partial charge is 0.253 e. The van der Waals surface area contributed by atoms with Crippen LogP contribution in [0.1, 0.15) is 24.2 Å². The van der Waals surface area contributed by atoms with Crippen molar-refractivity contribution < 1.29 is 9.53 Å². The maximum absolute atomic E-state index is 12.1. The van der Waals surface area contributed by atoms with Crippen molar-refractivity contribution in [3.63, 3.8) is 0 Å². The fraction of sp³-hybridized carbons (Fsp3) is 0.357. The third-order valence-corrected chi connectivity index (χ3v) is 2.78. The van der Waals surface area contributed by atoms with Gasteiger partial charge in [-0.1, -0.05) is 12.1 Å². The molecule has 1 aromatic heterocycles. The summed E-state index contributed by atoms with van der Waals surface area (Å²) in [4.78, 5) is 15.2. The molecule has 1 heterocycles. The third-order valence-electron chi connectivity index (χ3n) is 2.78. The number of H-pyrrole nitrogens is 1. The summed E-state index contributed by atoms with van der Waals surface area (Å²) >= 11 is 0. The first kappa shape index (κ1) is 12.6. The summed E-state index contributed by atoms with van der Waals surface area (Å²) in [5.74, 6) is -0.0738. The normalized spacial score (nSPS) is 12.6. The van der Waals surface area contributed by atoms with Crippen molar-refractivity contribution in [1.29, 1.82) is 0 Å². The molecule has 2 N–H and O–H groups in total. The molecule has 0 aliphatic heterocycles. The Labute approximate surface area is 106 Å². The molecule has 0 spiro atoms. The van der Waals surface area contributed by atoms with E-state index in [1.54, 1.807) is 0 Å². The lowest BCUT2D eigenvalue weighted by atomic mass is 10.1. The van der Waals surface area contributed by atoms with Crippen molar-refractivity contribution in [3.8, 4) is 0 Å². The predicted molar refractivity (Wildman–Crippen MR) is 71.7 cm³/mol. The number of fused-ring (bicyclic) bond motifs is 1. The number of amides is 1. The Bertz CT molecular complexity index is 533. The van der Waals surface area contributed by atoms with Gasteiger partial charge < -0.3 is 15.0 Å². The van der Waals surface area contributed by atoms with Gasteiger partial charge in [-0.15, -0.1) is 0 Å². The van der Waals surface area contributed by atoms with Crippen molar-refractivity contribution in [1.82, 2.24) is 10.3 Å². The summed E-state index contributed by atoms with van der Waals surface area (Å²) in [6, 6.07) is 7.64. The molecule has 96 valence electrons. The van der Waals surface area contributed by atoms with Crippen LogP contribution in [0.5, 0.6) is 0 Å². The molecule has 0 aliphatic carbocycles. The Morgan fingerprint density at radius 3 is 3.06 bits per heavy atom. The van der Waals surface area contributed by atoms with Crippen LogP contribution in [0.4, 0.5) is 0 Å². The van der Waals surface area contributed by atoms with E-state index in [4.69, 9.17) is 4.74 Å². The van der Waals surface area contributed by atoms with Crippen molar-refractivity contribution in [2.75, 3.05) is 13.2 Å². The van der Waals surface area contributed by atoms with Crippen LogP contribution in [-0.4, -0.2) is 30.1 Å². The molecule has 2 aromatic rings. The Morgan fingerprint density at radius 2 is 2.28 bits per heavy atom. The number of para-hydroxylation sites is 1. The molecular weight excluding hydrogens is 228 g/mol. The summed E-state index contributed by atoms with van der Waals surface area (Å²) < 4.78 is 5.28. The SMILES string of the molecule is CCOCC(C)NC(=O)c1cccc2cc[nH]c12. The fourth-order valence-electron chi connectivity index (χ4n) is 1.91. The van der Waals surface area contributed by atoms with Gasteiger partial charge in [-0.2, -0.15) is 0 Å². The molecule has 0 aliphatic rings. The van der Waals surface area contributed by atoms with Gasteiger partial charge in [0.1, 0.15) is 0 Å². The molecule has 4 heteroatoms. The molecule has 0 radical (unpaired) electrons. The highest BCUT2D eigenvalue weighted by Gasteiger charge is 2.13. The molecule has 0 saturated carbocycles. The van der Waals surface area contributed by atoms with Crippen LogP contribution in [0, 0.1) is 0 Å². The average Bonchev–Trinajstić information content (AvgIpc) is 2.84. The van der Waals surface area contributed by atoms with E-state index in [9.17, 15) is 4.79 Å². The minimum atomic E-state index is -0.0738. The summed E-state index contributed by atoms with van der Waals surface area (Å²) in [5.41, 5.74) is 1.54. The van der Waals surface area contributed by atoms with E-state index >= 15 is 0 Å². The van der Waals surface area contributed by atoms with Crippen molar-refractivity contribution >= 4 is 16.8 Å². The number of nitrogens with one attached hydrogen (secondary N) is 2. The Morgan fingerprint density at radius 1 is 1.44 bits per heavy atom. The maximum Gasteiger partial charge on any atom is 0.253 e. The summed E-state index contributed by atoms with van der Waals surface area (Å²) in [6.45, 7) is 5.06. The first-order valence-electron chi connectivity index (χ1n) is 6.17. The van der Waals surface area contributed by atoms with E-state index in [1.807, 2.05) is 44.3 Å². The van der Waals surface area contributed by atoms with Gasteiger partial charge >= 0.3 is 0 Å². The van der Waals surface area contributed by atoms with Gasteiger partial charge in [0, 0.05) is 24.2 Å². The minimum absolute atomic E-state index is 0.00247. The molecule has 1 atom stereocenters. The Hall–Kier alpha value is -1.81. The number of rotatable bonds is 5. The topological polar surface area (TPSA) is 54.1 Å². The number of aromatic nitrogens is 1. The molecular formula is C14H18N2O2. The number of hydrogen-bond acceptors (Lipinski definition) is 2. The highest BCUT2D eigenvalue weighted by molar-refractivity contribution is 6.05. The first-order valence-corrected chi connectivity index (χ1v) is 6.17. The number of benzene rings is 1. The molecule has 1 unspecified atom stereocenters. The lowest BCUT2D eigenvalue weighted by Gasteiger charge is -2.14. The number of hydrogen-bond donors (Lipinski definition) is 2. The summed E-state index contributed by atoms with van der Waals surface area (Å²) in [6.07, 6.45) is 1.84. The Balaban J connectivity index is 2.11. The van der Waals surface area contributed by atoms with Crippen LogP contribution in [0.3, 0.4) is 0 Å². The van der Waals surface area contributed by atoms with Crippen LogP contribution in [-0.2, 0) is 4.74 Å². The van der Waals surface area contributed by atoms with E-state index in [-0.39, 0.29) is 11.9 Å². The van der Waals surface area contributed by atoms with Gasteiger partial charge in [0.15, 0.2) is 0 Å². The summed E-state index contributed by atoms with van der Waals surface area (Å²) in [5, 5.41) is 3.97. The number of ether oxygens (including phenoxy) is 1. The van der Waals surface area contributed by atoms with Gasteiger partial charge in [-0.3, -0.25) is 4.79 Å². The Kier molecular flexibility index (Phi) is 3.99. The zero-order chi connectivity index (χ0) is 13.0. The molecule has 18 heavy (non-hydrogen) atoms. The molecule has 0 bridgehead atoms. The van der Waals surface area contributed by atoms with Gasteiger partial charge in [0.25, 0.3) is 5.91 Å². The van der Waals surface area contributed by atoms with Gasteiger partial charge in [0.2, 0.25) is 0 Å². The second-order valence-electron chi connectivity index (χ2n) is 4.28. The maximum atomic E-state index is 12.1. The zero-order valence-electron chi connectivity index (χ0n) is 10.7. The van der Waals surface area contributed by atoms with Crippen molar-refractivity contribution in [2.45, 2.75) is 19.9 Å². The van der Waals surface area contributed by atoms with E-state index in [1.165, 1.54) is 0 Å². The highest BCUT2D eigenvalue weighted by Crippen LogP contribution is 2.16. The number of carbonyl (C=O) groups is 1. The average molecular weight is 246 g/mol. The van der Waals surface area contributed by atoms with Crippen LogP contribution >= 0.6 is 0 Å². The molecule has 0 fully saturated rings. The van der Waals surface area contributed by atoms with E-state index in [2.05, 4.69) is 10.3 Å². The molecule has 1 amide bonds. The lowest BCUT2D eigenvalue weighted by molar-refractivity contribution is 0.0873. The second kappa shape index (κ2) is 5.69. The zero-order valence-corrected chi connectivity index (χ0v) is 10.7. The van der Waals surface area contributed by atoms with Crippen LogP contribution in [0.15, 0.2) is 30.5 Å². The number of carbonyl (C=O) groups excluding carboxylic acids is 1. The van der Waals surface area contributed by atoms with Crippen molar-refractivity contribution in [2.24, 2.45) is 0 Å². The van der Waals surface area contributed by atoms with E-state index in [0.717, 1.165) is 10.9 Å². The highest BCUT2D eigenvalue weighted by atomic mass is 16.5. The third kappa shape index (κ3) is 2.71. The standard InChI is InChI=1S/C14H18N2O2/c1-3-18-9-10(2)16-14(17)12-6-4-5-11-7-8-15-13(11)12/h4-8,10,15H,3,9H2,1-2H3,(H,16,17). The molecule has 0 saturated heterocycles. The first-order chi connectivity index (χ1) is 8.72. The summed E-state index contributed by atoms with van der Waals surface area (Å²) in [7, 11) is 0. The van der Waals surface area contributed by atoms with Crippen molar-refractivity contribution in [3.05, 3.63) is 36.0 Å². The van der Waals surface area contributed by atoms with Crippen LogP contribution in [0.25, 0.3) is 10.9 Å².